The maximum Gasteiger partial charge on any atom is 0.160 e. The van der Waals surface area contributed by atoms with E-state index < -0.39 is 11.6 Å². The molecule has 122 valence electrons. The van der Waals surface area contributed by atoms with E-state index >= 15 is 0 Å². The van der Waals surface area contributed by atoms with Crippen molar-refractivity contribution in [2.24, 2.45) is 0 Å². The predicted octanol–water partition coefficient (Wildman–Crippen LogP) is 5.50. The molecular weight excluding hydrogens is 314 g/mol. The monoisotopic (exact) mass is 330 g/mol. The van der Waals surface area contributed by atoms with Gasteiger partial charge in [0.2, 0.25) is 0 Å². The van der Waals surface area contributed by atoms with Gasteiger partial charge in [-0.1, -0.05) is 43.0 Å². The molecule has 0 amide bonds. The number of hydrogen-bond acceptors (Lipinski definition) is 0. The third kappa shape index (κ3) is 2.94. The van der Waals surface area contributed by atoms with E-state index in [1.165, 1.54) is 33.9 Å². The Balaban J connectivity index is 1.65. The van der Waals surface area contributed by atoms with Crippen molar-refractivity contribution < 1.29 is 8.78 Å². The van der Waals surface area contributed by atoms with Crippen LogP contribution in [0.5, 0.6) is 0 Å². The fourth-order valence-corrected chi connectivity index (χ4v) is 3.28. The molecule has 3 aromatic carbocycles. The minimum Gasteiger partial charge on any atom is -0.204 e. The van der Waals surface area contributed by atoms with E-state index in [9.17, 15) is 8.78 Å². The number of aryl methyl sites for hydroxylation is 1. The van der Waals surface area contributed by atoms with E-state index in [0.717, 1.165) is 30.5 Å². The molecule has 3 aromatic rings. The van der Waals surface area contributed by atoms with Gasteiger partial charge in [-0.15, -0.1) is 0 Å². The van der Waals surface area contributed by atoms with Crippen LogP contribution in [0.2, 0.25) is 0 Å². The minimum atomic E-state index is -0.872. The van der Waals surface area contributed by atoms with Crippen molar-refractivity contribution in [1.29, 1.82) is 0 Å². The molecule has 0 aromatic heterocycles. The highest BCUT2D eigenvalue weighted by Crippen LogP contribution is 2.37. The van der Waals surface area contributed by atoms with Crippen LogP contribution < -0.4 is 0 Å². The summed E-state index contributed by atoms with van der Waals surface area (Å²) in [4.78, 5) is 0. The highest BCUT2D eigenvalue weighted by atomic mass is 19.2. The minimum absolute atomic E-state index is 0.468. The molecule has 4 rings (SSSR count). The Morgan fingerprint density at radius 1 is 0.760 bits per heavy atom. The lowest BCUT2D eigenvalue weighted by Gasteiger charge is -2.03. The van der Waals surface area contributed by atoms with Crippen molar-refractivity contribution in [1.82, 2.24) is 0 Å². The van der Waals surface area contributed by atoms with Gasteiger partial charge in [0.25, 0.3) is 0 Å². The average Bonchev–Trinajstić information content (AvgIpc) is 2.99. The molecule has 0 aliphatic heterocycles. The van der Waals surface area contributed by atoms with Gasteiger partial charge in [0.1, 0.15) is 0 Å². The van der Waals surface area contributed by atoms with E-state index in [0.29, 0.717) is 5.56 Å². The Bertz CT molecular complexity index is 1040. The normalized spacial score (nSPS) is 11.5. The molecule has 0 unspecified atom stereocenters. The first kappa shape index (κ1) is 15.6. The maximum absolute atomic E-state index is 13.3. The second-order valence-electron chi connectivity index (χ2n) is 6.27. The number of benzene rings is 3. The van der Waals surface area contributed by atoms with E-state index in [1.807, 2.05) is 6.07 Å². The zero-order valence-corrected chi connectivity index (χ0v) is 13.9. The molecule has 1 aliphatic rings. The summed E-state index contributed by atoms with van der Waals surface area (Å²) in [6.45, 7) is 2.16. The SMILES string of the molecule is CCc1ccc2c(c1)Cc1cc(C#Cc3ccc(F)c(F)c3)ccc1-2. The van der Waals surface area contributed by atoms with Crippen LogP contribution in [0.15, 0.2) is 54.6 Å². The zero-order valence-electron chi connectivity index (χ0n) is 13.9. The third-order valence-electron chi connectivity index (χ3n) is 4.62. The van der Waals surface area contributed by atoms with E-state index in [-0.39, 0.29) is 0 Å². The fraction of sp³-hybridized carbons (Fsp3) is 0.130. The van der Waals surface area contributed by atoms with Gasteiger partial charge in [-0.25, -0.2) is 8.78 Å². The van der Waals surface area contributed by atoms with Crippen LogP contribution in [0.3, 0.4) is 0 Å². The van der Waals surface area contributed by atoms with Crippen LogP contribution in [0, 0.1) is 23.5 Å². The second kappa shape index (κ2) is 6.18. The molecule has 2 heteroatoms. The summed E-state index contributed by atoms with van der Waals surface area (Å²) in [7, 11) is 0. The average molecular weight is 330 g/mol. The summed E-state index contributed by atoms with van der Waals surface area (Å²) in [6, 6.07) is 16.5. The van der Waals surface area contributed by atoms with Crippen LogP contribution >= 0.6 is 0 Å². The van der Waals surface area contributed by atoms with Crippen LogP contribution in [-0.2, 0) is 12.8 Å². The molecule has 0 heterocycles. The molecule has 0 saturated carbocycles. The lowest BCUT2D eigenvalue weighted by molar-refractivity contribution is 0.508. The lowest BCUT2D eigenvalue weighted by atomic mass is 10.0. The summed E-state index contributed by atoms with van der Waals surface area (Å²) in [5.74, 6) is 4.22. The molecule has 1 aliphatic carbocycles. The number of hydrogen-bond donors (Lipinski definition) is 0. The molecule has 0 radical (unpaired) electrons. The number of rotatable bonds is 1. The van der Waals surface area contributed by atoms with Gasteiger partial charge >= 0.3 is 0 Å². The highest BCUT2D eigenvalue weighted by Gasteiger charge is 2.18. The molecule has 0 spiro atoms. The topological polar surface area (TPSA) is 0 Å². The van der Waals surface area contributed by atoms with Gasteiger partial charge in [0.15, 0.2) is 11.6 Å². The molecule has 0 atom stereocenters. The number of fused-ring (bicyclic) bond motifs is 3. The third-order valence-corrected chi connectivity index (χ3v) is 4.62. The van der Waals surface area contributed by atoms with Crippen molar-refractivity contribution >= 4 is 0 Å². The van der Waals surface area contributed by atoms with E-state index in [4.69, 9.17) is 0 Å². The largest absolute Gasteiger partial charge is 0.204 e. The second-order valence-corrected chi connectivity index (χ2v) is 6.27. The molecular formula is C23H16F2. The Morgan fingerprint density at radius 2 is 1.40 bits per heavy atom. The summed E-state index contributed by atoms with van der Waals surface area (Å²) < 4.78 is 26.2. The van der Waals surface area contributed by atoms with E-state index in [1.54, 1.807) is 0 Å². The fourth-order valence-electron chi connectivity index (χ4n) is 3.28. The van der Waals surface area contributed by atoms with Gasteiger partial charge in [-0.2, -0.15) is 0 Å². The molecule has 0 N–H and O–H groups in total. The van der Waals surface area contributed by atoms with Gasteiger partial charge in [0, 0.05) is 11.1 Å². The van der Waals surface area contributed by atoms with Crippen molar-refractivity contribution in [3.8, 4) is 23.0 Å². The predicted molar refractivity (Wildman–Crippen MR) is 96.4 cm³/mol. The Hall–Kier alpha value is -2.92. The quantitative estimate of drug-likeness (QED) is 0.404. The van der Waals surface area contributed by atoms with Crippen LogP contribution in [-0.4, -0.2) is 0 Å². The summed E-state index contributed by atoms with van der Waals surface area (Å²) in [6.07, 6.45) is 1.95. The maximum atomic E-state index is 13.3. The standard InChI is InChI=1S/C23H16F2/c1-2-15-5-8-20-18(11-15)14-19-12-16(6-9-21(19)20)3-4-17-7-10-22(24)23(25)13-17/h5-13H,2,14H2,1H3. The number of halogens is 2. The Morgan fingerprint density at radius 3 is 2.12 bits per heavy atom. The van der Waals surface area contributed by atoms with Gasteiger partial charge < -0.3 is 0 Å². The first-order valence-electron chi connectivity index (χ1n) is 8.36. The highest BCUT2D eigenvalue weighted by molar-refractivity contribution is 5.77. The van der Waals surface area contributed by atoms with Crippen LogP contribution in [0.25, 0.3) is 11.1 Å². The van der Waals surface area contributed by atoms with Crippen molar-refractivity contribution in [2.45, 2.75) is 19.8 Å². The van der Waals surface area contributed by atoms with Gasteiger partial charge in [-0.05, 0) is 71.0 Å². The summed E-state index contributed by atoms with van der Waals surface area (Å²) in [5, 5.41) is 0. The van der Waals surface area contributed by atoms with Gasteiger partial charge in [0.05, 0.1) is 0 Å². The van der Waals surface area contributed by atoms with Crippen LogP contribution in [0.1, 0.15) is 34.7 Å². The molecule has 25 heavy (non-hydrogen) atoms. The van der Waals surface area contributed by atoms with Crippen LogP contribution in [0.4, 0.5) is 8.78 Å². The lowest BCUT2D eigenvalue weighted by Crippen LogP contribution is -1.86. The molecule has 0 fully saturated rings. The Labute approximate surface area is 146 Å². The molecule has 0 saturated heterocycles. The van der Waals surface area contributed by atoms with E-state index in [2.05, 4.69) is 49.1 Å². The summed E-state index contributed by atoms with van der Waals surface area (Å²) in [5.41, 5.74) is 7.89. The smallest absolute Gasteiger partial charge is 0.160 e. The molecule has 0 bridgehead atoms. The zero-order chi connectivity index (χ0) is 17.4. The first-order chi connectivity index (χ1) is 12.1. The first-order valence-corrected chi connectivity index (χ1v) is 8.36. The van der Waals surface area contributed by atoms with Crippen molar-refractivity contribution in [2.75, 3.05) is 0 Å². The van der Waals surface area contributed by atoms with Crippen molar-refractivity contribution in [3.63, 3.8) is 0 Å². The Kier molecular flexibility index (Phi) is 3.86. The van der Waals surface area contributed by atoms with Gasteiger partial charge in [-0.3, -0.25) is 0 Å². The summed E-state index contributed by atoms with van der Waals surface area (Å²) >= 11 is 0. The van der Waals surface area contributed by atoms with Crippen molar-refractivity contribution in [3.05, 3.63) is 94.0 Å². The molecule has 0 nitrogen and oxygen atoms in total.